The Balaban J connectivity index is 2.08. The summed E-state index contributed by atoms with van der Waals surface area (Å²) in [7, 11) is 1.72. The molecule has 0 unspecified atom stereocenters. The molecule has 0 aliphatic rings. The molecule has 2 aromatic carbocycles. The molecule has 0 aliphatic carbocycles. The van der Waals surface area contributed by atoms with Gasteiger partial charge in [0, 0.05) is 19.8 Å². The largest absolute Gasteiger partial charge is 0.356 e. The number of benzene rings is 2. The lowest BCUT2D eigenvalue weighted by atomic mass is 10.1. The fraction of sp³-hybridized carbons (Fsp3) is 0.154. The fourth-order valence-electron chi connectivity index (χ4n) is 3.98. The number of hydrogen-bond donors (Lipinski definition) is 0. The Morgan fingerprint density at radius 3 is 2.51 bits per heavy atom. The van der Waals surface area contributed by atoms with Crippen LogP contribution < -0.4 is 16.1 Å². The van der Waals surface area contributed by atoms with E-state index in [4.69, 9.17) is 11.6 Å². The minimum absolute atomic E-state index is 0.113. The van der Waals surface area contributed by atoms with E-state index in [9.17, 15) is 19.2 Å². The maximum atomic E-state index is 14.0. The van der Waals surface area contributed by atoms with Crippen molar-refractivity contribution in [3.05, 3.63) is 110 Å². The second-order valence-corrected chi connectivity index (χ2v) is 8.46. The molecule has 0 amide bonds. The molecule has 9 heteroatoms. The van der Waals surface area contributed by atoms with Crippen LogP contribution in [0, 0.1) is 24.1 Å². The molecule has 2 aromatic heterocycles. The summed E-state index contributed by atoms with van der Waals surface area (Å²) in [4.78, 5) is 33.3. The van der Waals surface area contributed by atoms with Crippen LogP contribution >= 0.6 is 11.6 Å². The highest BCUT2D eigenvalue weighted by Crippen LogP contribution is 2.30. The summed E-state index contributed by atoms with van der Waals surface area (Å²) >= 11 is 6.06. The highest BCUT2D eigenvalue weighted by atomic mass is 35.5. The first-order chi connectivity index (χ1) is 16.8. The van der Waals surface area contributed by atoms with Gasteiger partial charge in [-0.2, -0.15) is 5.26 Å². The highest BCUT2D eigenvalue weighted by Gasteiger charge is 2.25. The summed E-state index contributed by atoms with van der Waals surface area (Å²) in [6.45, 7) is 1.83. The van der Waals surface area contributed by atoms with Crippen molar-refractivity contribution in [2.24, 2.45) is 0 Å². The Bertz CT molecular complexity index is 1560. The van der Waals surface area contributed by atoms with E-state index >= 15 is 0 Å². The van der Waals surface area contributed by atoms with E-state index in [0.717, 1.165) is 21.8 Å². The lowest BCUT2D eigenvalue weighted by Gasteiger charge is -2.26. The molecule has 0 saturated heterocycles. The van der Waals surface area contributed by atoms with Gasteiger partial charge in [0.05, 0.1) is 28.5 Å². The second-order valence-electron chi connectivity index (χ2n) is 8.06. The summed E-state index contributed by atoms with van der Waals surface area (Å²) in [5.74, 6) is -0.409. The Labute approximate surface area is 205 Å². The van der Waals surface area contributed by atoms with Crippen molar-refractivity contribution in [3.63, 3.8) is 0 Å². The van der Waals surface area contributed by atoms with Crippen LogP contribution in [-0.2, 0) is 13.1 Å². The number of rotatable bonds is 6. The maximum absolute atomic E-state index is 14.0. The summed E-state index contributed by atoms with van der Waals surface area (Å²) in [5, 5.41) is 9.39. The molecular formula is C26H21ClFN5O2. The SMILES string of the molecule is Cc1cncc(-n2c(=O)c(-c3ccc(F)c(Cl)c3)c(N(C)Cc3ccccc3)n(CC#N)c2=O)c1. The first-order valence-corrected chi connectivity index (χ1v) is 11.1. The third kappa shape index (κ3) is 4.72. The van der Waals surface area contributed by atoms with Crippen molar-refractivity contribution in [3.8, 4) is 22.9 Å². The van der Waals surface area contributed by atoms with Gasteiger partial charge in [-0.15, -0.1) is 0 Å². The molecular weight excluding hydrogens is 469 g/mol. The van der Waals surface area contributed by atoms with E-state index in [1.165, 1.54) is 22.9 Å². The number of pyridine rings is 1. The number of nitrogens with zero attached hydrogens (tertiary/aromatic N) is 5. The minimum atomic E-state index is -0.684. The number of aromatic nitrogens is 3. The first-order valence-electron chi connectivity index (χ1n) is 10.7. The molecule has 0 atom stereocenters. The molecule has 7 nitrogen and oxygen atoms in total. The zero-order chi connectivity index (χ0) is 25.1. The number of nitriles is 1. The van der Waals surface area contributed by atoms with Gasteiger partial charge in [-0.3, -0.25) is 14.3 Å². The molecule has 0 aliphatic heterocycles. The molecule has 2 heterocycles. The Hall–Kier alpha value is -4.22. The average molecular weight is 490 g/mol. The highest BCUT2D eigenvalue weighted by molar-refractivity contribution is 6.31. The van der Waals surface area contributed by atoms with Crippen LogP contribution in [-0.4, -0.2) is 21.2 Å². The summed E-state index contributed by atoms with van der Waals surface area (Å²) in [5.41, 5.74) is 1.06. The quantitative estimate of drug-likeness (QED) is 0.402. The summed E-state index contributed by atoms with van der Waals surface area (Å²) in [6, 6.07) is 17.1. The van der Waals surface area contributed by atoms with Crippen molar-refractivity contribution < 1.29 is 4.39 Å². The van der Waals surface area contributed by atoms with Crippen molar-refractivity contribution in [2.45, 2.75) is 20.0 Å². The molecule has 0 spiro atoms. The van der Waals surface area contributed by atoms with Gasteiger partial charge in [-0.25, -0.2) is 13.8 Å². The average Bonchev–Trinajstić information content (AvgIpc) is 2.83. The third-order valence-corrected chi connectivity index (χ3v) is 5.79. The molecule has 4 aromatic rings. The van der Waals surface area contributed by atoms with Crippen LogP contribution in [0.15, 0.2) is 76.6 Å². The van der Waals surface area contributed by atoms with Gasteiger partial charge in [0.1, 0.15) is 18.2 Å². The number of anilines is 1. The van der Waals surface area contributed by atoms with E-state index in [1.807, 2.05) is 36.4 Å². The lowest BCUT2D eigenvalue weighted by Crippen LogP contribution is -2.42. The van der Waals surface area contributed by atoms with Crippen LogP contribution in [0.3, 0.4) is 0 Å². The minimum Gasteiger partial charge on any atom is -0.356 e. The number of halogens is 2. The molecule has 0 saturated carbocycles. The zero-order valence-electron chi connectivity index (χ0n) is 19.1. The maximum Gasteiger partial charge on any atom is 0.338 e. The van der Waals surface area contributed by atoms with Crippen molar-refractivity contribution >= 4 is 17.4 Å². The molecule has 0 radical (unpaired) electrons. The van der Waals surface area contributed by atoms with Crippen molar-refractivity contribution in [1.82, 2.24) is 14.1 Å². The van der Waals surface area contributed by atoms with Crippen LogP contribution in [0.4, 0.5) is 10.2 Å². The normalized spacial score (nSPS) is 10.7. The summed E-state index contributed by atoms with van der Waals surface area (Å²) < 4.78 is 16.2. The van der Waals surface area contributed by atoms with Crippen LogP contribution in [0.25, 0.3) is 16.8 Å². The van der Waals surface area contributed by atoms with Gasteiger partial charge in [-0.05, 0) is 41.8 Å². The third-order valence-electron chi connectivity index (χ3n) is 5.50. The van der Waals surface area contributed by atoms with E-state index in [1.54, 1.807) is 31.1 Å². The smallest absolute Gasteiger partial charge is 0.338 e. The van der Waals surface area contributed by atoms with Crippen LogP contribution in [0.1, 0.15) is 11.1 Å². The molecule has 0 N–H and O–H groups in total. The Morgan fingerprint density at radius 1 is 1.11 bits per heavy atom. The van der Waals surface area contributed by atoms with Gasteiger partial charge in [0.2, 0.25) is 0 Å². The van der Waals surface area contributed by atoms with E-state index < -0.39 is 17.1 Å². The van der Waals surface area contributed by atoms with E-state index in [-0.39, 0.29) is 28.6 Å². The lowest BCUT2D eigenvalue weighted by molar-refractivity contribution is 0.628. The number of hydrogen-bond acceptors (Lipinski definition) is 5. The van der Waals surface area contributed by atoms with Crippen LogP contribution in [0.5, 0.6) is 0 Å². The predicted molar refractivity (Wildman–Crippen MR) is 133 cm³/mol. The predicted octanol–water partition coefficient (Wildman–Crippen LogP) is 4.32. The summed E-state index contributed by atoms with van der Waals surface area (Å²) in [6.07, 6.45) is 3.01. The van der Waals surface area contributed by atoms with E-state index in [0.29, 0.717) is 12.1 Å². The monoisotopic (exact) mass is 489 g/mol. The Morgan fingerprint density at radius 2 is 1.86 bits per heavy atom. The first kappa shape index (κ1) is 23.9. The molecule has 0 fully saturated rings. The zero-order valence-corrected chi connectivity index (χ0v) is 19.8. The Kier molecular flexibility index (Phi) is 6.80. The van der Waals surface area contributed by atoms with Crippen LogP contribution in [0.2, 0.25) is 5.02 Å². The second kappa shape index (κ2) is 9.95. The van der Waals surface area contributed by atoms with Gasteiger partial charge in [-0.1, -0.05) is 48.0 Å². The van der Waals surface area contributed by atoms with E-state index in [2.05, 4.69) is 4.98 Å². The van der Waals surface area contributed by atoms with Gasteiger partial charge >= 0.3 is 5.69 Å². The van der Waals surface area contributed by atoms with Gasteiger partial charge < -0.3 is 4.90 Å². The topological polar surface area (TPSA) is 83.9 Å². The molecule has 176 valence electrons. The van der Waals surface area contributed by atoms with Crippen molar-refractivity contribution in [1.29, 1.82) is 5.26 Å². The standard InChI is InChI=1S/C26H21ClFN5O2/c1-17-12-20(15-30-14-17)33-25(34)23(19-8-9-22(28)21(27)13-19)24(32(11-10-29)26(33)35)31(2)16-18-6-4-3-5-7-18/h3-9,12-15H,11,16H2,1-2H3. The van der Waals surface area contributed by atoms with Gasteiger partial charge in [0.15, 0.2) is 0 Å². The molecule has 35 heavy (non-hydrogen) atoms. The molecule has 0 bridgehead atoms. The number of aryl methyl sites for hydroxylation is 1. The molecule has 4 rings (SSSR count). The van der Waals surface area contributed by atoms with Crippen molar-refractivity contribution in [2.75, 3.05) is 11.9 Å². The fourth-order valence-corrected chi connectivity index (χ4v) is 4.16. The van der Waals surface area contributed by atoms with Gasteiger partial charge in [0.25, 0.3) is 5.56 Å².